The van der Waals surface area contributed by atoms with Crippen molar-refractivity contribution in [1.29, 1.82) is 0 Å². The van der Waals surface area contributed by atoms with Crippen LogP contribution in [0.1, 0.15) is 47.0 Å². The Hall–Kier alpha value is -0.0500. The second-order valence-electron chi connectivity index (χ2n) is 3.75. The zero-order chi connectivity index (χ0) is 11.1. The summed E-state index contributed by atoms with van der Waals surface area (Å²) in [5.41, 5.74) is 0. The van der Waals surface area contributed by atoms with E-state index in [4.69, 9.17) is 0 Å². The minimum Gasteiger partial charge on any atom is -0.352 e. The van der Waals surface area contributed by atoms with E-state index >= 15 is 0 Å². The Morgan fingerprint density at radius 3 is 2.07 bits per heavy atom. The van der Waals surface area contributed by atoms with E-state index in [-0.39, 0.29) is 16.8 Å². The van der Waals surface area contributed by atoms with Crippen LogP contribution < -0.4 is 5.32 Å². The summed E-state index contributed by atoms with van der Waals surface area (Å²) >= 11 is 3.35. The molecule has 0 aromatic carbocycles. The molecule has 0 aliphatic carbocycles. The number of carbonyl (C=O) groups is 1. The average molecular weight is 264 g/mol. The van der Waals surface area contributed by atoms with Gasteiger partial charge in [0, 0.05) is 6.04 Å². The summed E-state index contributed by atoms with van der Waals surface area (Å²) < 4.78 is 0. The second-order valence-corrected chi connectivity index (χ2v) is 4.85. The molecule has 2 unspecified atom stereocenters. The quantitative estimate of drug-likeness (QED) is 0.734. The highest BCUT2D eigenvalue weighted by Crippen LogP contribution is 2.13. The van der Waals surface area contributed by atoms with Crippen LogP contribution in [0.2, 0.25) is 0 Å². The Balaban J connectivity index is 4.03. The van der Waals surface area contributed by atoms with Crippen LogP contribution in [0.25, 0.3) is 0 Å². The second kappa shape index (κ2) is 7.27. The van der Waals surface area contributed by atoms with E-state index in [0.29, 0.717) is 5.92 Å². The lowest BCUT2D eigenvalue weighted by atomic mass is 9.95. The molecule has 1 N–H and O–H groups in total. The topological polar surface area (TPSA) is 29.1 Å². The van der Waals surface area contributed by atoms with E-state index in [9.17, 15) is 4.79 Å². The number of carbonyl (C=O) groups excluding carboxylic acids is 1. The molecule has 3 heteroatoms. The Morgan fingerprint density at radius 1 is 1.21 bits per heavy atom. The monoisotopic (exact) mass is 263 g/mol. The summed E-state index contributed by atoms with van der Waals surface area (Å²) in [6.45, 7) is 8.43. The van der Waals surface area contributed by atoms with Gasteiger partial charge in [0.2, 0.25) is 5.91 Å². The smallest absolute Gasteiger partial charge is 0.233 e. The number of alkyl halides is 1. The fraction of sp³-hybridized carbons (Fsp3) is 0.909. The fourth-order valence-corrected chi connectivity index (χ4v) is 1.75. The molecule has 1 amide bonds. The van der Waals surface area contributed by atoms with Crippen molar-refractivity contribution in [1.82, 2.24) is 5.32 Å². The highest BCUT2D eigenvalue weighted by atomic mass is 79.9. The van der Waals surface area contributed by atoms with Crippen LogP contribution in [0.15, 0.2) is 0 Å². The van der Waals surface area contributed by atoms with Gasteiger partial charge in [-0.05, 0) is 19.3 Å². The highest BCUT2D eigenvalue weighted by Gasteiger charge is 2.19. The fourth-order valence-electron chi connectivity index (χ4n) is 1.61. The van der Waals surface area contributed by atoms with E-state index in [2.05, 4.69) is 42.0 Å². The Bertz CT molecular complexity index is 169. The number of hydrogen-bond acceptors (Lipinski definition) is 1. The predicted octanol–water partition coefficient (Wildman–Crippen LogP) is 3.10. The molecule has 0 radical (unpaired) electrons. The van der Waals surface area contributed by atoms with Crippen molar-refractivity contribution >= 4 is 21.8 Å². The van der Waals surface area contributed by atoms with Crippen molar-refractivity contribution in [2.24, 2.45) is 5.92 Å². The van der Waals surface area contributed by atoms with Crippen molar-refractivity contribution in [2.45, 2.75) is 57.8 Å². The zero-order valence-electron chi connectivity index (χ0n) is 9.64. The van der Waals surface area contributed by atoms with Gasteiger partial charge in [0.1, 0.15) is 0 Å². The highest BCUT2D eigenvalue weighted by molar-refractivity contribution is 9.10. The molecule has 84 valence electrons. The van der Waals surface area contributed by atoms with E-state index in [1.807, 2.05) is 6.92 Å². The van der Waals surface area contributed by atoms with Crippen molar-refractivity contribution < 1.29 is 4.79 Å². The summed E-state index contributed by atoms with van der Waals surface area (Å²) in [6.07, 6.45) is 3.08. The minimum absolute atomic E-state index is 0.0423. The van der Waals surface area contributed by atoms with E-state index in [1.54, 1.807) is 0 Å². The Morgan fingerprint density at radius 2 is 1.71 bits per heavy atom. The van der Waals surface area contributed by atoms with Crippen LogP contribution in [-0.2, 0) is 4.79 Å². The summed E-state index contributed by atoms with van der Waals surface area (Å²) in [7, 11) is 0. The largest absolute Gasteiger partial charge is 0.352 e. The number of rotatable bonds is 6. The number of hydrogen-bond donors (Lipinski definition) is 1. The van der Waals surface area contributed by atoms with Crippen LogP contribution in [0.4, 0.5) is 0 Å². The normalized spacial score (nSPS) is 15.3. The minimum atomic E-state index is -0.0423. The third-order valence-corrected chi connectivity index (χ3v) is 3.83. The van der Waals surface area contributed by atoms with Crippen molar-refractivity contribution in [2.75, 3.05) is 0 Å². The van der Waals surface area contributed by atoms with Gasteiger partial charge in [0.15, 0.2) is 0 Å². The standard InChI is InChI=1S/C11H22BrNO/c1-5-9(6-2)8(4)13-11(14)10(12)7-3/h8-10H,5-7H2,1-4H3,(H,13,14). The predicted molar refractivity (Wildman–Crippen MR) is 64.7 cm³/mol. The molecule has 0 aromatic rings. The van der Waals surface area contributed by atoms with E-state index in [1.165, 1.54) is 0 Å². The lowest BCUT2D eigenvalue weighted by Gasteiger charge is -2.23. The van der Waals surface area contributed by atoms with Gasteiger partial charge in [0.25, 0.3) is 0 Å². The molecule has 0 aliphatic rings. The van der Waals surface area contributed by atoms with Gasteiger partial charge in [-0.15, -0.1) is 0 Å². The molecule has 0 fully saturated rings. The van der Waals surface area contributed by atoms with Crippen LogP contribution in [0, 0.1) is 5.92 Å². The van der Waals surface area contributed by atoms with E-state index < -0.39 is 0 Å². The van der Waals surface area contributed by atoms with Crippen LogP contribution >= 0.6 is 15.9 Å². The van der Waals surface area contributed by atoms with Gasteiger partial charge >= 0.3 is 0 Å². The SMILES string of the molecule is CCC(Br)C(=O)NC(C)C(CC)CC. The Kier molecular flexibility index (Phi) is 7.24. The summed E-state index contributed by atoms with van der Waals surface area (Å²) in [4.78, 5) is 11.5. The molecule has 0 saturated carbocycles. The molecular formula is C11H22BrNO. The lowest BCUT2D eigenvalue weighted by Crippen LogP contribution is -2.41. The van der Waals surface area contributed by atoms with Crippen molar-refractivity contribution in [3.05, 3.63) is 0 Å². The first-order chi connectivity index (χ1) is 6.56. The molecule has 0 aromatic heterocycles. The molecule has 0 rings (SSSR count). The summed E-state index contributed by atoms with van der Waals surface area (Å²) in [6, 6.07) is 0.282. The van der Waals surface area contributed by atoms with Gasteiger partial charge in [-0.3, -0.25) is 4.79 Å². The molecule has 2 atom stereocenters. The third kappa shape index (κ3) is 4.45. The number of amides is 1. The van der Waals surface area contributed by atoms with Crippen LogP contribution in [0.3, 0.4) is 0 Å². The lowest BCUT2D eigenvalue weighted by molar-refractivity contribution is -0.121. The molecule has 0 bridgehead atoms. The first-order valence-electron chi connectivity index (χ1n) is 5.51. The van der Waals surface area contributed by atoms with Crippen molar-refractivity contribution in [3.8, 4) is 0 Å². The number of nitrogens with one attached hydrogen (secondary N) is 1. The molecule has 14 heavy (non-hydrogen) atoms. The number of halogens is 1. The molecular weight excluding hydrogens is 242 g/mol. The first kappa shape index (κ1) is 13.9. The summed E-state index contributed by atoms with van der Waals surface area (Å²) in [5.74, 6) is 0.711. The molecule has 0 heterocycles. The van der Waals surface area contributed by atoms with Gasteiger partial charge in [-0.2, -0.15) is 0 Å². The van der Waals surface area contributed by atoms with Crippen LogP contribution in [0.5, 0.6) is 0 Å². The van der Waals surface area contributed by atoms with Gasteiger partial charge in [-0.25, -0.2) is 0 Å². The molecule has 0 saturated heterocycles. The van der Waals surface area contributed by atoms with Gasteiger partial charge in [0.05, 0.1) is 4.83 Å². The molecule has 0 aliphatic heterocycles. The summed E-state index contributed by atoms with van der Waals surface area (Å²) in [5, 5.41) is 3.05. The Labute approximate surface area is 96.0 Å². The third-order valence-electron chi connectivity index (χ3n) is 2.77. The van der Waals surface area contributed by atoms with Gasteiger partial charge < -0.3 is 5.32 Å². The van der Waals surface area contributed by atoms with Crippen molar-refractivity contribution in [3.63, 3.8) is 0 Å². The first-order valence-corrected chi connectivity index (χ1v) is 6.42. The van der Waals surface area contributed by atoms with E-state index in [0.717, 1.165) is 19.3 Å². The maximum atomic E-state index is 11.6. The van der Waals surface area contributed by atoms with Crippen LogP contribution in [-0.4, -0.2) is 16.8 Å². The van der Waals surface area contributed by atoms with Gasteiger partial charge in [-0.1, -0.05) is 49.5 Å². The molecule has 0 spiro atoms. The maximum Gasteiger partial charge on any atom is 0.233 e. The zero-order valence-corrected chi connectivity index (χ0v) is 11.2. The maximum absolute atomic E-state index is 11.6. The molecule has 2 nitrogen and oxygen atoms in total. The average Bonchev–Trinajstić information content (AvgIpc) is 2.18.